The standard InChI is InChI=1S/C19H16N4O/c20-13-14-4-1-7-16(12-14)23-18(24)9-11-21-17-8-2-5-15-6-3-10-22-19(15)17/h1-8,10,12,21H,9,11H2,(H,23,24). The van der Waals surface area contributed by atoms with Crippen LogP contribution < -0.4 is 10.6 Å². The lowest BCUT2D eigenvalue weighted by atomic mass is 10.2. The summed E-state index contributed by atoms with van der Waals surface area (Å²) in [6.07, 6.45) is 2.07. The van der Waals surface area contributed by atoms with Crippen LogP contribution in [0.5, 0.6) is 0 Å². The quantitative estimate of drug-likeness (QED) is 0.754. The molecule has 0 fully saturated rings. The summed E-state index contributed by atoms with van der Waals surface area (Å²) < 4.78 is 0. The van der Waals surface area contributed by atoms with Gasteiger partial charge in [0.2, 0.25) is 5.91 Å². The molecule has 2 aromatic carbocycles. The van der Waals surface area contributed by atoms with Gasteiger partial charge < -0.3 is 10.6 Å². The molecule has 1 amide bonds. The van der Waals surface area contributed by atoms with Crippen LogP contribution in [0.15, 0.2) is 60.8 Å². The maximum atomic E-state index is 12.0. The molecule has 0 unspecified atom stereocenters. The number of pyridine rings is 1. The van der Waals surface area contributed by atoms with E-state index in [-0.39, 0.29) is 5.91 Å². The molecular formula is C19H16N4O. The number of aromatic nitrogens is 1. The van der Waals surface area contributed by atoms with E-state index in [1.165, 1.54) is 0 Å². The maximum Gasteiger partial charge on any atom is 0.226 e. The highest BCUT2D eigenvalue weighted by Crippen LogP contribution is 2.20. The Morgan fingerprint density at radius 3 is 2.83 bits per heavy atom. The smallest absolute Gasteiger partial charge is 0.226 e. The second-order valence-corrected chi connectivity index (χ2v) is 5.30. The summed E-state index contributed by atoms with van der Waals surface area (Å²) in [5, 5.41) is 16.0. The summed E-state index contributed by atoms with van der Waals surface area (Å²) in [5.74, 6) is -0.106. The molecule has 0 spiro atoms. The highest BCUT2D eigenvalue weighted by atomic mass is 16.1. The van der Waals surface area contributed by atoms with E-state index in [2.05, 4.69) is 21.7 Å². The minimum Gasteiger partial charge on any atom is -0.383 e. The first-order valence-corrected chi connectivity index (χ1v) is 7.64. The number of hydrogen-bond acceptors (Lipinski definition) is 4. The average Bonchev–Trinajstić information content (AvgIpc) is 2.62. The lowest BCUT2D eigenvalue weighted by Gasteiger charge is -2.09. The second-order valence-electron chi connectivity index (χ2n) is 5.30. The van der Waals surface area contributed by atoms with Gasteiger partial charge in [-0.25, -0.2) is 0 Å². The predicted molar refractivity (Wildman–Crippen MR) is 94.6 cm³/mol. The van der Waals surface area contributed by atoms with Crippen molar-refractivity contribution in [2.75, 3.05) is 17.2 Å². The van der Waals surface area contributed by atoms with Gasteiger partial charge >= 0.3 is 0 Å². The fourth-order valence-corrected chi connectivity index (χ4v) is 2.45. The first-order valence-electron chi connectivity index (χ1n) is 7.64. The van der Waals surface area contributed by atoms with Crippen LogP contribution in [0, 0.1) is 11.3 Å². The lowest BCUT2D eigenvalue weighted by molar-refractivity contribution is -0.115. The third-order valence-corrected chi connectivity index (χ3v) is 3.58. The van der Waals surface area contributed by atoms with E-state index in [9.17, 15) is 4.79 Å². The Morgan fingerprint density at radius 2 is 1.96 bits per heavy atom. The van der Waals surface area contributed by atoms with Gasteiger partial charge in [0.25, 0.3) is 0 Å². The number of carbonyl (C=O) groups is 1. The number of para-hydroxylation sites is 1. The second kappa shape index (κ2) is 7.25. The van der Waals surface area contributed by atoms with Crippen molar-refractivity contribution in [3.63, 3.8) is 0 Å². The molecule has 0 aliphatic rings. The molecule has 0 radical (unpaired) electrons. The van der Waals surface area contributed by atoms with Crippen LogP contribution in [0.4, 0.5) is 11.4 Å². The fraction of sp³-hybridized carbons (Fsp3) is 0.105. The van der Waals surface area contributed by atoms with E-state index in [0.717, 1.165) is 16.6 Å². The van der Waals surface area contributed by atoms with E-state index in [1.54, 1.807) is 30.5 Å². The number of anilines is 2. The van der Waals surface area contributed by atoms with Crippen molar-refractivity contribution in [3.05, 3.63) is 66.4 Å². The molecule has 0 aliphatic heterocycles. The number of benzene rings is 2. The van der Waals surface area contributed by atoms with Crippen LogP contribution in [0.2, 0.25) is 0 Å². The number of nitrogens with zero attached hydrogens (tertiary/aromatic N) is 2. The van der Waals surface area contributed by atoms with Crippen molar-refractivity contribution < 1.29 is 4.79 Å². The van der Waals surface area contributed by atoms with Crippen LogP contribution in [-0.4, -0.2) is 17.4 Å². The monoisotopic (exact) mass is 316 g/mol. The van der Waals surface area contributed by atoms with Gasteiger partial charge in [-0.3, -0.25) is 9.78 Å². The summed E-state index contributed by atoms with van der Waals surface area (Å²) in [7, 11) is 0. The summed E-state index contributed by atoms with van der Waals surface area (Å²) in [5.41, 5.74) is 2.95. The zero-order valence-electron chi connectivity index (χ0n) is 13.0. The van der Waals surface area contributed by atoms with Gasteiger partial charge in [-0.1, -0.05) is 24.3 Å². The van der Waals surface area contributed by atoms with Crippen LogP contribution >= 0.6 is 0 Å². The number of fused-ring (bicyclic) bond motifs is 1. The average molecular weight is 316 g/mol. The number of amides is 1. The van der Waals surface area contributed by atoms with Crippen molar-refractivity contribution in [1.82, 2.24) is 4.98 Å². The predicted octanol–water partition coefficient (Wildman–Crippen LogP) is 3.55. The molecule has 118 valence electrons. The molecule has 3 aromatic rings. The molecule has 0 aliphatic carbocycles. The number of carbonyl (C=O) groups excluding carboxylic acids is 1. The van der Waals surface area contributed by atoms with Crippen molar-refractivity contribution >= 4 is 28.2 Å². The lowest BCUT2D eigenvalue weighted by Crippen LogP contribution is -2.16. The molecule has 5 heteroatoms. The van der Waals surface area contributed by atoms with Crippen LogP contribution in [0.3, 0.4) is 0 Å². The highest BCUT2D eigenvalue weighted by Gasteiger charge is 2.05. The van der Waals surface area contributed by atoms with E-state index in [0.29, 0.717) is 24.2 Å². The van der Waals surface area contributed by atoms with Gasteiger partial charge in [0.05, 0.1) is 22.8 Å². The van der Waals surface area contributed by atoms with Gasteiger partial charge in [0, 0.05) is 30.2 Å². The maximum absolute atomic E-state index is 12.0. The van der Waals surface area contributed by atoms with Gasteiger partial charge in [0.1, 0.15) is 0 Å². The minimum absolute atomic E-state index is 0.106. The Kier molecular flexibility index (Phi) is 4.68. The van der Waals surface area contributed by atoms with Crippen molar-refractivity contribution in [1.29, 1.82) is 5.26 Å². The van der Waals surface area contributed by atoms with Crippen molar-refractivity contribution in [2.24, 2.45) is 0 Å². The van der Waals surface area contributed by atoms with Gasteiger partial charge in [-0.05, 0) is 30.3 Å². The number of rotatable bonds is 5. The van der Waals surface area contributed by atoms with Crippen molar-refractivity contribution in [2.45, 2.75) is 6.42 Å². The summed E-state index contributed by atoms with van der Waals surface area (Å²) in [6, 6.07) is 18.7. The molecule has 3 rings (SSSR count). The topological polar surface area (TPSA) is 77.8 Å². The SMILES string of the molecule is N#Cc1cccc(NC(=O)CCNc2cccc3cccnc23)c1. The molecule has 24 heavy (non-hydrogen) atoms. The Bertz CT molecular complexity index is 909. The zero-order chi connectivity index (χ0) is 16.8. The molecule has 1 heterocycles. The van der Waals surface area contributed by atoms with Gasteiger partial charge in [-0.15, -0.1) is 0 Å². The third-order valence-electron chi connectivity index (χ3n) is 3.58. The third kappa shape index (κ3) is 3.68. The Balaban J connectivity index is 1.57. The molecule has 0 bridgehead atoms. The van der Waals surface area contributed by atoms with Crippen molar-refractivity contribution in [3.8, 4) is 6.07 Å². The largest absolute Gasteiger partial charge is 0.383 e. The van der Waals surface area contributed by atoms with Crippen LogP contribution in [0.1, 0.15) is 12.0 Å². The molecule has 5 nitrogen and oxygen atoms in total. The van der Waals surface area contributed by atoms with E-state index >= 15 is 0 Å². The molecule has 0 saturated carbocycles. The highest BCUT2D eigenvalue weighted by molar-refractivity contribution is 5.92. The molecule has 1 aromatic heterocycles. The fourth-order valence-electron chi connectivity index (χ4n) is 2.45. The van der Waals surface area contributed by atoms with Gasteiger partial charge in [-0.2, -0.15) is 5.26 Å². The molecular weight excluding hydrogens is 300 g/mol. The number of nitriles is 1. The van der Waals surface area contributed by atoms with E-state index in [1.807, 2.05) is 30.3 Å². The Labute approximate surface area is 140 Å². The number of nitrogens with one attached hydrogen (secondary N) is 2. The van der Waals surface area contributed by atoms with Crippen LogP contribution in [0.25, 0.3) is 10.9 Å². The normalized spacial score (nSPS) is 10.1. The van der Waals surface area contributed by atoms with Gasteiger partial charge in [0.15, 0.2) is 0 Å². The van der Waals surface area contributed by atoms with Crippen LogP contribution in [-0.2, 0) is 4.79 Å². The Morgan fingerprint density at radius 1 is 1.12 bits per heavy atom. The van der Waals surface area contributed by atoms with E-state index < -0.39 is 0 Å². The summed E-state index contributed by atoms with van der Waals surface area (Å²) in [6.45, 7) is 0.499. The first kappa shape index (κ1) is 15.5. The Hall–Kier alpha value is -3.39. The number of hydrogen-bond donors (Lipinski definition) is 2. The molecule has 0 saturated heterocycles. The zero-order valence-corrected chi connectivity index (χ0v) is 13.0. The van der Waals surface area contributed by atoms with E-state index in [4.69, 9.17) is 5.26 Å². The summed E-state index contributed by atoms with van der Waals surface area (Å²) in [4.78, 5) is 16.4. The summed E-state index contributed by atoms with van der Waals surface area (Å²) >= 11 is 0. The minimum atomic E-state index is -0.106. The molecule has 2 N–H and O–H groups in total. The molecule has 0 atom stereocenters. The first-order chi connectivity index (χ1) is 11.8.